The van der Waals surface area contributed by atoms with E-state index in [0.717, 1.165) is 17.1 Å². The number of thiophene rings is 1. The molecule has 1 aromatic heterocycles. The maximum absolute atomic E-state index is 2.45. The van der Waals surface area contributed by atoms with E-state index < -0.39 is 0 Å². The van der Waals surface area contributed by atoms with Gasteiger partial charge in [0.25, 0.3) is 0 Å². The normalized spacial score (nSPS) is 12.1. The van der Waals surface area contributed by atoms with Crippen LogP contribution in [0.1, 0.15) is 52.7 Å². The van der Waals surface area contributed by atoms with Crippen molar-refractivity contribution < 1.29 is 0 Å². The van der Waals surface area contributed by atoms with Crippen LogP contribution >= 0.6 is 11.3 Å². The van der Waals surface area contributed by atoms with Gasteiger partial charge in [0.1, 0.15) is 0 Å². The van der Waals surface area contributed by atoms with E-state index in [9.17, 15) is 0 Å². The van der Waals surface area contributed by atoms with Crippen LogP contribution in [0.2, 0.25) is 0 Å². The monoisotopic (exact) mass is 867 g/mol. The minimum atomic E-state index is -0.000752. The van der Waals surface area contributed by atoms with Crippen molar-refractivity contribution >= 4 is 70.1 Å². The smallest absolute Gasteiger partial charge is 0.0540 e. The van der Waals surface area contributed by atoms with Crippen LogP contribution in [0.4, 0.5) is 17.1 Å². The van der Waals surface area contributed by atoms with Gasteiger partial charge in [0.2, 0.25) is 0 Å². The molecular weight excluding hydrogens is 815 g/mol. The van der Waals surface area contributed by atoms with Crippen LogP contribution in [-0.2, 0) is 10.8 Å². The van der Waals surface area contributed by atoms with E-state index in [2.05, 4.69) is 259 Å². The molecule has 11 rings (SSSR count). The first-order valence-electron chi connectivity index (χ1n) is 23.2. The molecule has 2 heteroatoms. The van der Waals surface area contributed by atoms with Gasteiger partial charge >= 0.3 is 0 Å². The van der Waals surface area contributed by atoms with E-state index in [4.69, 9.17) is 0 Å². The lowest BCUT2D eigenvalue weighted by molar-refractivity contribution is 0.569. The zero-order chi connectivity index (χ0) is 45.2. The molecule has 11 aromatic rings. The molecule has 0 N–H and O–H groups in total. The van der Waals surface area contributed by atoms with Crippen LogP contribution in [0.15, 0.2) is 212 Å². The Bertz CT molecular complexity index is 3550. The van der Waals surface area contributed by atoms with Gasteiger partial charge in [-0.1, -0.05) is 211 Å². The molecule has 0 fully saturated rings. The minimum absolute atomic E-state index is 0.000752. The SMILES string of the molecule is CC(C)(C)c1cc(-c2cccc3cccc(-c4ccccc4N(c4ccc(-c5cccc6ccccc56)cc4)c4ccc(-c5cccc6sc7ccccc7c56)cc4)c23)cc(C(C)(C)C)c1. The predicted octanol–water partition coefficient (Wildman–Crippen LogP) is 19.1. The summed E-state index contributed by atoms with van der Waals surface area (Å²) in [7, 11) is 0. The molecule has 0 saturated carbocycles. The van der Waals surface area contributed by atoms with Crippen LogP contribution < -0.4 is 4.90 Å². The van der Waals surface area contributed by atoms with Crippen molar-refractivity contribution in [3.05, 3.63) is 223 Å². The summed E-state index contributed by atoms with van der Waals surface area (Å²) in [4.78, 5) is 2.45. The van der Waals surface area contributed by atoms with Gasteiger partial charge < -0.3 is 4.90 Å². The molecular formula is C64H53NS. The van der Waals surface area contributed by atoms with Gasteiger partial charge in [-0.25, -0.2) is 0 Å². The molecule has 0 spiro atoms. The Labute approximate surface area is 393 Å². The molecule has 10 aromatic carbocycles. The van der Waals surface area contributed by atoms with E-state index in [1.165, 1.54) is 97.4 Å². The number of rotatable bonds is 7. The topological polar surface area (TPSA) is 3.24 Å². The minimum Gasteiger partial charge on any atom is -0.310 e. The summed E-state index contributed by atoms with van der Waals surface area (Å²) in [5, 5.41) is 7.63. The molecule has 1 heterocycles. The van der Waals surface area contributed by atoms with Gasteiger partial charge in [-0.3, -0.25) is 0 Å². The van der Waals surface area contributed by atoms with Crippen molar-refractivity contribution in [2.75, 3.05) is 4.90 Å². The predicted molar refractivity (Wildman–Crippen MR) is 288 cm³/mol. The van der Waals surface area contributed by atoms with Crippen LogP contribution in [0.3, 0.4) is 0 Å². The standard InChI is InChI=1S/C64H53NS/c1-63(2,3)47-39-46(40-48(41-47)64(4,5)6)54-25-14-19-45-20-15-27-56(61(45)54)55-22-9-11-28-58(55)65(49-35-31-43(32-36-49)52-24-13-18-42-17-7-8-21-51(42)52)50-37-33-44(34-38-50)53-26-16-30-60-62(53)57-23-10-12-29-59(57)66-60/h7-41H,1-6H3. The van der Waals surface area contributed by atoms with Gasteiger partial charge in [0.05, 0.1) is 5.69 Å². The second kappa shape index (κ2) is 16.3. The maximum atomic E-state index is 2.45. The number of anilines is 3. The Balaban J connectivity index is 1.10. The number of benzene rings is 10. The van der Waals surface area contributed by atoms with Crippen LogP contribution in [0, 0.1) is 0 Å². The second-order valence-corrected chi connectivity index (χ2v) is 20.8. The third-order valence-corrected chi connectivity index (χ3v) is 14.5. The molecule has 0 aliphatic rings. The van der Waals surface area contributed by atoms with Gasteiger partial charge in [0.15, 0.2) is 0 Å². The zero-order valence-electron chi connectivity index (χ0n) is 38.6. The summed E-state index contributed by atoms with van der Waals surface area (Å²) in [6.45, 7) is 13.9. The van der Waals surface area contributed by atoms with Crippen LogP contribution in [0.5, 0.6) is 0 Å². The van der Waals surface area contributed by atoms with Gasteiger partial charge in [0, 0.05) is 37.1 Å². The molecule has 0 aliphatic heterocycles. The average molecular weight is 868 g/mol. The van der Waals surface area contributed by atoms with E-state index in [0.29, 0.717) is 0 Å². The van der Waals surface area contributed by atoms with Gasteiger partial charge in [-0.2, -0.15) is 0 Å². The Morgan fingerprint density at radius 1 is 0.333 bits per heavy atom. The van der Waals surface area contributed by atoms with Crippen molar-refractivity contribution in [2.45, 2.75) is 52.4 Å². The number of hydrogen-bond donors (Lipinski definition) is 0. The first kappa shape index (κ1) is 41.4. The highest BCUT2D eigenvalue weighted by molar-refractivity contribution is 7.25. The van der Waals surface area contributed by atoms with Gasteiger partial charge in [-0.05, 0) is 125 Å². The second-order valence-electron chi connectivity index (χ2n) is 19.8. The lowest BCUT2D eigenvalue weighted by Crippen LogP contribution is -2.16. The Hall–Kier alpha value is -7.26. The van der Waals surface area contributed by atoms with E-state index in [1.54, 1.807) is 0 Å². The fourth-order valence-electron chi connectivity index (χ4n) is 9.85. The molecule has 320 valence electrons. The average Bonchev–Trinajstić information content (AvgIpc) is 3.73. The maximum Gasteiger partial charge on any atom is 0.0540 e. The van der Waals surface area contributed by atoms with Crippen molar-refractivity contribution in [1.82, 2.24) is 0 Å². The molecule has 0 radical (unpaired) electrons. The Morgan fingerprint density at radius 2 is 0.803 bits per heavy atom. The summed E-state index contributed by atoms with van der Waals surface area (Å²) in [5.74, 6) is 0. The highest BCUT2D eigenvalue weighted by Gasteiger charge is 2.24. The van der Waals surface area contributed by atoms with Crippen molar-refractivity contribution in [2.24, 2.45) is 0 Å². The van der Waals surface area contributed by atoms with Crippen LogP contribution in [-0.4, -0.2) is 0 Å². The largest absolute Gasteiger partial charge is 0.310 e. The molecule has 0 unspecified atom stereocenters. The van der Waals surface area contributed by atoms with E-state index in [1.807, 2.05) is 11.3 Å². The lowest BCUT2D eigenvalue weighted by Gasteiger charge is -2.29. The molecule has 0 aliphatic carbocycles. The summed E-state index contributed by atoms with van der Waals surface area (Å²) in [6.07, 6.45) is 0. The Kier molecular flexibility index (Phi) is 10.2. The fraction of sp³-hybridized carbons (Fsp3) is 0.125. The first-order chi connectivity index (χ1) is 32.0. The third-order valence-electron chi connectivity index (χ3n) is 13.4. The molecule has 0 amide bonds. The quantitative estimate of drug-likeness (QED) is 0.154. The highest BCUT2D eigenvalue weighted by atomic mass is 32.1. The molecule has 66 heavy (non-hydrogen) atoms. The number of nitrogens with zero attached hydrogens (tertiary/aromatic N) is 1. The number of hydrogen-bond acceptors (Lipinski definition) is 2. The van der Waals surface area contributed by atoms with Crippen LogP contribution in [0.25, 0.3) is 86.2 Å². The van der Waals surface area contributed by atoms with Gasteiger partial charge in [-0.15, -0.1) is 11.3 Å². The van der Waals surface area contributed by atoms with Crippen molar-refractivity contribution in [3.8, 4) is 44.5 Å². The summed E-state index contributed by atoms with van der Waals surface area (Å²) in [5.41, 5.74) is 15.8. The van der Waals surface area contributed by atoms with Crippen molar-refractivity contribution in [3.63, 3.8) is 0 Å². The zero-order valence-corrected chi connectivity index (χ0v) is 39.4. The van der Waals surface area contributed by atoms with E-state index in [-0.39, 0.29) is 10.8 Å². The molecule has 0 atom stereocenters. The van der Waals surface area contributed by atoms with E-state index >= 15 is 0 Å². The molecule has 0 bridgehead atoms. The molecule has 1 nitrogen and oxygen atoms in total. The third kappa shape index (κ3) is 7.46. The van der Waals surface area contributed by atoms with Crippen molar-refractivity contribution in [1.29, 1.82) is 0 Å². The summed E-state index contributed by atoms with van der Waals surface area (Å²) < 4.78 is 2.63. The fourth-order valence-corrected chi connectivity index (χ4v) is 11.0. The Morgan fingerprint density at radius 3 is 1.47 bits per heavy atom. The number of fused-ring (bicyclic) bond motifs is 5. The first-order valence-corrected chi connectivity index (χ1v) is 24.0. The summed E-state index contributed by atoms with van der Waals surface area (Å²) >= 11 is 1.87. The highest BCUT2D eigenvalue weighted by Crippen LogP contribution is 2.47. The number of para-hydroxylation sites is 1. The summed E-state index contributed by atoms with van der Waals surface area (Å²) in [6, 6.07) is 79.0. The molecule has 0 saturated heterocycles. The lowest BCUT2D eigenvalue weighted by atomic mass is 9.78.